The number of ether oxygens (including phenoxy) is 3. The largest absolute Gasteiger partial charge is 0.492 e. The highest BCUT2D eigenvalue weighted by Gasteiger charge is 2.39. The molecule has 5 heterocycles. The lowest BCUT2D eigenvalue weighted by Gasteiger charge is -2.34. The summed E-state index contributed by atoms with van der Waals surface area (Å²) in [4.78, 5) is 130. The van der Waals surface area contributed by atoms with Gasteiger partial charge in [0.15, 0.2) is 5.75 Å². The molecule has 3 aromatic carbocycles. The number of thiophene rings is 1. The van der Waals surface area contributed by atoms with Gasteiger partial charge in [0, 0.05) is 129 Å². The standard InChI is InChI=1S/C66H83ClN10O13S/c1-41(2)59(71-53(78)15-9-8-10-29-75-54(79)24-25-55(75)80)61(82)77(50(62(83)84)14-13-26-69-63(68)85)47-19-16-43(17-20-47)37-89-64(86)72(6)39-66(4,5)40-73(7)65(87)90-52-34-51-58(57-42(3)38-91-60(52)57)45(35-67)36-76(51)56(81)23-18-46-32-44-33-48(21-22-49(44)70-46)88-31-30-74-27-11-12-28-74/h16-25,32-34,38,41,45,50,59,70H,8-15,26-31,35-37,39-40H2,1-7H3,(H,71,78)(H,83,84)(H3,68,69,85)/b23-18+/t45-,50+,59+/m1/s1. The molecule has 1 fully saturated rings. The number of rotatable bonds is 30. The molecule has 25 heteroatoms. The van der Waals surface area contributed by atoms with Gasteiger partial charge < -0.3 is 55.4 Å². The number of likely N-dealkylation sites (tertiary alicyclic amines) is 1. The lowest BCUT2D eigenvalue weighted by molar-refractivity contribution is -0.141. The molecule has 2 aromatic heterocycles. The summed E-state index contributed by atoms with van der Waals surface area (Å²) >= 11 is 8.06. The quantitative estimate of drug-likeness (QED) is 0.0124. The maximum Gasteiger partial charge on any atom is 0.415 e. The molecule has 0 bridgehead atoms. The zero-order valence-electron chi connectivity index (χ0n) is 52.7. The average Bonchev–Trinajstić information content (AvgIpc) is 1.61. The van der Waals surface area contributed by atoms with E-state index in [1.807, 2.05) is 50.4 Å². The van der Waals surface area contributed by atoms with E-state index in [-0.39, 0.29) is 87.3 Å². The zero-order valence-corrected chi connectivity index (χ0v) is 54.3. The number of carbonyl (C=O) groups excluding carboxylic acids is 8. The highest BCUT2D eigenvalue weighted by molar-refractivity contribution is 7.17. The number of aryl methyl sites for hydroxylation is 1. The van der Waals surface area contributed by atoms with Gasteiger partial charge in [0.2, 0.25) is 5.91 Å². The minimum absolute atomic E-state index is 0.0335. The average molecular weight is 1290 g/mol. The second-order valence-corrected chi connectivity index (χ2v) is 25.8. The summed E-state index contributed by atoms with van der Waals surface area (Å²) in [5, 5.41) is 19.6. The van der Waals surface area contributed by atoms with Crippen molar-refractivity contribution in [2.24, 2.45) is 17.1 Å². The third-order valence-corrected chi connectivity index (χ3v) is 17.9. The van der Waals surface area contributed by atoms with E-state index in [2.05, 4.69) is 20.5 Å². The Bertz CT molecular complexity index is 3540. The van der Waals surface area contributed by atoms with Crippen molar-refractivity contribution in [1.82, 2.24) is 35.2 Å². The van der Waals surface area contributed by atoms with E-state index >= 15 is 0 Å². The summed E-state index contributed by atoms with van der Waals surface area (Å²) in [5.74, 6) is -2.78. The van der Waals surface area contributed by atoms with Gasteiger partial charge in [-0.2, -0.15) is 0 Å². The number of alkyl halides is 1. The number of hydrogen-bond donors (Lipinski definition) is 5. The number of H-pyrrole nitrogens is 1. The Labute approximate surface area is 538 Å². The first-order valence-corrected chi connectivity index (χ1v) is 32.2. The fourth-order valence-corrected chi connectivity index (χ4v) is 13.2. The smallest absolute Gasteiger partial charge is 0.415 e. The number of amides is 9. The number of unbranched alkanes of at least 4 members (excludes halogenated alkanes) is 2. The fourth-order valence-electron chi connectivity index (χ4n) is 11.9. The second kappa shape index (κ2) is 31.0. The van der Waals surface area contributed by atoms with E-state index in [0.29, 0.717) is 49.4 Å². The third-order valence-electron chi connectivity index (χ3n) is 16.4. The molecule has 91 heavy (non-hydrogen) atoms. The van der Waals surface area contributed by atoms with Crippen LogP contribution in [-0.2, 0) is 40.1 Å². The van der Waals surface area contributed by atoms with E-state index in [1.165, 1.54) is 64.3 Å². The Balaban J connectivity index is 0.868. The summed E-state index contributed by atoms with van der Waals surface area (Å²) in [6, 6.07) is 12.5. The predicted octanol–water partition coefficient (Wildman–Crippen LogP) is 9.13. The molecule has 3 aliphatic rings. The summed E-state index contributed by atoms with van der Waals surface area (Å²) in [6.07, 6.45) is 8.34. The highest BCUT2D eigenvalue weighted by Crippen LogP contribution is 2.49. The number of fused-ring (bicyclic) bond motifs is 4. The molecule has 0 aliphatic carbocycles. The van der Waals surface area contributed by atoms with Crippen molar-refractivity contribution in [3.05, 3.63) is 101 Å². The van der Waals surface area contributed by atoms with Gasteiger partial charge in [-0.25, -0.2) is 19.2 Å². The van der Waals surface area contributed by atoms with E-state index in [0.717, 1.165) is 73.0 Å². The number of aromatic amines is 1. The highest BCUT2D eigenvalue weighted by atomic mass is 35.5. The number of carboxylic acid groups (broad SMARTS) is 1. The molecule has 0 radical (unpaired) electrons. The number of carboxylic acids is 1. The van der Waals surface area contributed by atoms with Crippen molar-refractivity contribution in [1.29, 1.82) is 0 Å². The van der Waals surface area contributed by atoms with Crippen molar-refractivity contribution >= 4 is 115 Å². The fraction of sp³-hybridized carbons (Fsp3) is 0.470. The SMILES string of the molecule is Cc1csc2c(OC(=O)N(C)CC(C)(C)CN(C)C(=O)OCc3ccc(N(C(=O)[C@@H](NC(=O)CCCCCN4C(=O)C=CC4=O)C(C)C)[C@@H](CCCNC(N)=O)C(=O)O)cc3)cc3c(c12)[C@H](CCl)CN3C(=O)/C=C/c1cc2cc(OCCN3CCCC3)ccc2[nH]1. The van der Waals surface area contributed by atoms with Crippen molar-refractivity contribution in [2.75, 3.05) is 88.7 Å². The van der Waals surface area contributed by atoms with E-state index < -0.39 is 59.4 Å². The van der Waals surface area contributed by atoms with Gasteiger partial charge >= 0.3 is 24.2 Å². The molecule has 23 nitrogen and oxygen atoms in total. The van der Waals surface area contributed by atoms with Gasteiger partial charge in [0.1, 0.15) is 31.0 Å². The van der Waals surface area contributed by atoms with Gasteiger partial charge in [-0.15, -0.1) is 22.9 Å². The van der Waals surface area contributed by atoms with Crippen LogP contribution in [0.1, 0.15) is 107 Å². The van der Waals surface area contributed by atoms with Crippen LogP contribution in [0.25, 0.3) is 27.1 Å². The number of imide groups is 1. The van der Waals surface area contributed by atoms with E-state index in [4.69, 9.17) is 31.5 Å². The van der Waals surface area contributed by atoms with Crippen LogP contribution in [-0.4, -0.2) is 174 Å². The first-order valence-electron chi connectivity index (χ1n) is 30.8. The van der Waals surface area contributed by atoms with E-state index in [9.17, 15) is 48.3 Å². The summed E-state index contributed by atoms with van der Waals surface area (Å²) in [7, 11) is 3.18. The molecule has 1 saturated heterocycles. The number of nitrogens with one attached hydrogen (secondary N) is 3. The Hall–Kier alpha value is -8.48. The third kappa shape index (κ3) is 17.7. The molecule has 0 saturated carbocycles. The number of primary amides is 1. The number of benzene rings is 3. The molecule has 488 valence electrons. The van der Waals surface area contributed by atoms with Crippen LogP contribution < -0.4 is 35.6 Å². The predicted molar refractivity (Wildman–Crippen MR) is 349 cm³/mol. The van der Waals surface area contributed by atoms with Gasteiger partial charge in [-0.05, 0) is 129 Å². The molecule has 0 spiro atoms. The van der Waals surface area contributed by atoms with Gasteiger partial charge in [-0.1, -0.05) is 46.2 Å². The van der Waals surface area contributed by atoms with Crippen molar-refractivity contribution in [2.45, 2.75) is 111 Å². The van der Waals surface area contributed by atoms with Gasteiger partial charge in [0.25, 0.3) is 23.6 Å². The first-order chi connectivity index (χ1) is 43.4. The second-order valence-electron chi connectivity index (χ2n) is 24.7. The summed E-state index contributed by atoms with van der Waals surface area (Å²) in [6.45, 7) is 13.7. The van der Waals surface area contributed by atoms with Crippen LogP contribution in [0.5, 0.6) is 11.5 Å². The molecule has 9 amide bonds. The van der Waals surface area contributed by atoms with Crippen LogP contribution in [0.3, 0.4) is 0 Å². The van der Waals surface area contributed by atoms with Crippen LogP contribution in [0.2, 0.25) is 0 Å². The Morgan fingerprint density at radius 3 is 2.29 bits per heavy atom. The number of anilines is 2. The van der Waals surface area contributed by atoms with Crippen molar-refractivity contribution < 1.29 is 62.5 Å². The molecule has 5 aromatic rings. The van der Waals surface area contributed by atoms with Gasteiger partial charge in [-0.3, -0.25) is 38.7 Å². The summed E-state index contributed by atoms with van der Waals surface area (Å²) < 4.78 is 18.7. The maximum absolute atomic E-state index is 14.6. The molecular weight excluding hydrogens is 1210 g/mol. The number of nitrogens with zero attached hydrogens (tertiary/aromatic N) is 6. The number of aromatic nitrogens is 1. The number of halogens is 1. The molecule has 0 unspecified atom stereocenters. The van der Waals surface area contributed by atoms with E-state index in [1.54, 1.807) is 57.1 Å². The number of urea groups is 1. The minimum atomic E-state index is -1.43. The molecular formula is C66H83ClN10O13S. The number of aliphatic carboxylic acids is 1. The Morgan fingerprint density at radius 2 is 1.62 bits per heavy atom. The Kier molecular flexibility index (Phi) is 23.3. The Morgan fingerprint density at radius 1 is 0.912 bits per heavy atom. The summed E-state index contributed by atoms with van der Waals surface area (Å²) in [5.41, 5.74) is 9.42. The van der Waals surface area contributed by atoms with Crippen LogP contribution in [0, 0.1) is 18.3 Å². The monoisotopic (exact) mass is 1290 g/mol. The van der Waals surface area contributed by atoms with Crippen molar-refractivity contribution in [3.8, 4) is 11.5 Å². The molecule has 8 rings (SSSR count). The molecule has 3 aliphatic heterocycles. The maximum atomic E-state index is 14.6. The van der Waals surface area contributed by atoms with Crippen molar-refractivity contribution in [3.63, 3.8) is 0 Å². The zero-order chi connectivity index (χ0) is 65.7. The molecule has 3 atom stereocenters. The van der Waals surface area contributed by atoms with Crippen LogP contribution >= 0.6 is 22.9 Å². The normalized spacial score (nSPS) is 15.6. The van der Waals surface area contributed by atoms with Gasteiger partial charge in [0.05, 0.1) is 10.4 Å². The van der Waals surface area contributed by atoms with Crippen LogP contribution in [0.4, 0.5) is 25.8 Å². The molecule has 6 N–H and O–H groups in total. The first kappa shape index (κ1) is 68.4. The lowest BCUT2D eigenvalue weighted by atomic mass is 9.92. The topological polar surface area (TPSA) is 287 Å². The number of hydrogen-bond acceptors (Lipinski definition) is 14. The lowest BCUT2D eigenvalue weighted by Crippen LogP contribution is -2.56. The van der Waals surface area contributed by atoms with Crippen LogP contribution in [0.15, 0.2) is 78.2 Å². The number of carbonyl (C=O) groups is 9. The minimum Gasteiger partial charge on any atom is -0.492 e. The number of nitrogens with two attached hydrogens (primary N) is 1.